The largest absolute Gasteiger partial charge is 0.478 e. The summed E-state index contributed by atoms with van der Waals surface area (Å²) in [5, 5.41) is 83.3. The van der Waals surface area contributed by atoms with Gasteiger partial charge in [-0.25, -0.2) is 65.7 Å². The second-order valence-electron chi connectivity index (χ2n) is 27.8. The molecule has 0 fully saturated rings. The number of rotatable bonds is 25. The minimum Gasteiger partial charge on any atom is -0.478 e. The van der Waals surface area contributed by atoms with Crippen LogP contribution >= 0.6 is 0 Å². The van der Waals surface area contributed by atoms with E-state index in [-0.39, 0.29) is 63.6 Å². The number of aromatic carboxylic acids is 4. The van der Waals surface area contributed by atoms with E-state index in [2.05, 4.69) is 6.07 Å². The normalized spacial score (nSPS) is 11.2. The Bertz CT molecular complexity index is 7030. The zero-order valence-electron chi connectivity index (χ0n) is 66.5. The molecule has 29 heteroatoms. The summed E-state index contributed by atoms with van der Waals surface area (Å²) in [6.07, 6.45) is 2.68. The summed E-state index contributed by atoms with van der Waals surface area (Å²) >= 11 is 0. The van der Waals surface area contributed by atoms with Crippen molar-refractivity contribution in [3.63, 3.8) is 0 Å². The molecule has 0 heterocycles. The second-order valence-corrected chi connectivity index (χ2v) is 37.6. The van der Waals surface area contributed by atoms with Gasteiger partial charge in [-0.3, -0.25) is 0 Å². The molecule has 0 saturated heterocycles. The van der Waals surface area contributed by atoms with E-state index in [0.29, 0.717) is 120 Å². The van der Waals surface area contributed by atoms with Gasteiger partial charge in [0.2, 0.25) is 0 Å². The van der Waals surface area contributed by atoms with E-state index in [0.717, 1.165) is 29.5 Å². The average molecular weight is 1740 g/mol. The summed E-state index contributed by atoms with van der Waals surface area (Å²) in [4.78, 5) is 45.2. The zero-order valence-corrected chi connectivity index (χ0v) is 70.6. The maximum Gasteiger partial charge on any atom is 0.335 e. The Morgan fingerprint density at radius 1 is 0.285 bits per heavy atom. The van der Waals surface area contributed by atoms with Crippen molar-refractivity contribution in [2.75, 3.05) is 6.26 Å². The van der Waals surface area contributed by atoms with Crippen LogP contribution < -0.4 is 0 Å². The number of carboxylic acids is 4. The highest BCUT2D eigenvalue weighted by Crippen LogP contribution is 2.37. The van der Waals surface area contributed by atoms with E-state index < -0.39 is 96.1 Å². The molecule has 12 aromatic carbocycles. The fourth-order valence-corrected chi connectivity index (χ4v) is 20.9. The minimum atomic E-state index is -4.04. The van der Waals surface area contributed by atoms with Gasteiger partial charge in [0.15, 0.2) is 49.2 Å². The van der Waals surface area contributed by atoms with Crippen LogP contribution in [0.1, 0.15) is 141 Å². The van der Waals surface area contributed by atoms with Gasteiger partial charge in [-0.15, -0.1) is 0 Å². The van der Waals surface area contributed by atoms with Crippen LogP contribution in [0.5, 0.6) is 0 Å². The quantitative estimate of drug-likeness (QED) is 0.0413. The molecule has 0 aromatic heterocycles. The monoisotopic (exact) mass is 1740 g/mol. The molecule has 0 radical (unpaired) electrons. The molecule has 23 nitrogen and oxygen atoms in total. The molecule has 0 aliphatic heterocycles. The average Bonchev–Trinajstić information content (AvgIpc) is 0.793. The summed E-state index contributed by atoms with van der Waals surface area (Å²) < 4.78 is 145. The molecule has 123 heavy (non-hydrogen) atoms. The van der Waals surface area contributed by atoms with E-state index >= 15 is 0 Å². The summed E-state index contributed by atoms with van der Waals surface area (Å²) in [6.45, 7) is 7.16. The van der Waals surface area contributed by atoms with Gasteiger partial charge >= 0.3 is 23.9 Å². The Morgan fingerprint density at radius 3 is 0.821 bits per heavy atom. The lowest BCUT2D eigenvalue weighted by molar-refractivity contribution is 0.0685. The van der Waals surface area contributed by atoms with E-state index in [9.17, 15) is 112 Å². The highest BCUT2D eigenvalue weighted by molar-refractivity contribution is 7.92. The summed E-state index contributed by atoms with van der Waals surface area (Å²) in [6, 6.07) is 73.3. The molecule has 0 bridgehead atoms. The van der Waals surface area contributed by atoms with Crippen LogP contribution in [0.4, 0.5) is 4.39 Å². The molecule has 12 aromatic rings. The predicted octanol–water partition coefficient (Wildman–Crippen LogP) is 17.3. The lowest BCUT2D eigenvalue weighted by Crippen LogP contribution is -2.11. The predicted molar refractivity (Wildman–Crippen MR) is 459 cm³/mol. The molecule has 0 unspecified atom stereocenters. The number of halogens is 1. The van der Waals surface area contributed by atoms with E-state index in [1.54, 1.807) is 124 Å². The molecule has 0 saturated carbocycles. The Balaban J connectivity index is 0.000000186. The van der Waals surface area contributed by atoms with Crippen molar-refractivity contribution >= 4 is 73.1 Å². The molecular weight excluding hydrogens is 1670 g/mol. The minimum absolute atomic E-state index is 0.0151. The second kappa shape index (κ2) is 40.1. The number of sulfone groups is 5. The van der Waals surface area contributed by atoms with Crippen LogP contribution in [0.2, 0.25) is 0 Å². The molecule has 622 valence electrons. The van der Waals surface area contributed by atoms with Crippen molar-refractivity contribution in [2.45, 2.75) is 101 Å². The van der Waals surface area contributed by atoms with Crippen LogP contribution in [-0.4, -0.2) is 92.6 Å². The molecule has 0 aliphatic carbocycles. The molecule has 4 N–H and O–H groups in total. The van der Waals surface area contributed by atoms with Gasteiger partial charge in [0, 0.05) is 6.26 Å². The van der Waals surface area contributed by atoms with Crippen molar-refractivity contribution < 1.29 is 86.1 Å². The molecule has 0 atom stereocenters. The van der Waals surface area contributed by atoms with Crippen LogP contribution in [-0.2, 0) is 97.9 Å². The first kappa shape index (κ1) is 92.5. The maximum atomic E-state index is 13.7. The van der Waals surface area contributed by atoms with Crippen LogP contribution in [0.3, 0.4) is 0 Å². The molecule has 0 spiro atoms. The highest BCUT2D eigenvalue weighted by atomic mass is 32.2. The number of benzene rings is 12. The first-order valence-electron chi connectivity index (χ1n) is 37.5. The fraction of sp³-hybridized carbons (Fsp3) is 0.138. The van der Waals surface area contributed by atoms with E-state index in [1.165, 1.54) is 103 Å². The SMILES string of the molecule is CCc1ccc(C(=O)O)cc1S(=O)(=O)Cc1cc(C#N)ccc1-c1cccc(C#N)c1.CCc1ccc(C(=O)O)cc1S(=O)(=O)Cc1cc(C#N)ccc1-c1cccc(F)c1.CCc1ccc(C(=O)O)cc1S(=O)(=O)Cc1cc(C#N)ccc1-c1ccccc1.CCc1ccc(C(=O)O)cc1S(=O)(=O)Cc1cc(S(C)(=O)=O)ccc1-c1cccc(C#N)c1. The molecule has 0 aliphatic rings. The Hall–Kier alpha value is -14.4. The molecular formula is C94H76FN5O18S5. The number of hydrogen-bond acceptors (Lipinski definition) is 19. The lowest BCUT2D eigenvalue weighted by atomic mass is 9.97. The number of carbonyl (C=O) groups is 4. The summed E-state index contributed by atoms with van der Waals surface area (Å²) in [5.74, 6) is -7.06. The lowest BCUT2D eigenvalue weighted by Gasteiger charge is -2.15. The van der Waals surface area contributed by atoms with Crippen LogP contribution in [0.25, 0.3) is 44.5 Å². The van der Waals surface area contributed by atoms with Crippen LogP contribution in [0, 0.1) is 62.5 Å². The van der Waals surface area contributed by atoms with Gasteiger partial charge in [-0.1, -0.05) is 143 Å². The summed E-state index contributed by atoms with van der Waals surface area (Å²) in [7, 11) is -19.4. The Morgan fingerprint density at radius 2 is 0.545 bits per heavy atom. The third-order valence-corrected chi connectivity index (χ3v) is 27.6. The third-order valence-electron chi connectivity index (χ3n) is 19.5. The third kappa shape index (κ3) is 23.2. The van der Waals surface area contributed by atoms with Gasteiger partial charge in [-0.2, -0.15) is 26.3 Å². The smallest absolute Gasteiger partial charge is 0.335 e. The first-order chi connectivity index (χ1) is 58.3. The van der Waals surface area contributed by atoms with Gasteiger partial charge in [0.25, 0.3) is 0 Å². The first-order valence-corrected chi connectivity index (χ1v) is 46.0. The summed E-state index contributed by atoms with van der Waals surface area (Å²) in [5.41, 5.74) is 9.63. The molecule has 12 rings (SSSR count). The van der Waals surface area contributed by atoms with Gasteiger partial charge in [0.05, 0.1) is 128 Å². The van der Waals surface area contributed by atoms with Crippen molar-refractivity contribution in [2.24, 2.45) is 0 Å². The number of carboxylic acid groups (broad SMARTS) is 4. The maximum absolute atomic E-state index is 13.7. The van der Waals surface area contributed by atoms with E-state index in [4.69, 9.17) is 0 Å². The van der Waals surface area contributed by atoms with E-state index in [1.807, 2.05) is 61.5 Å². The number of hydrogen-bond donors (Lipinski definition) is 4. The number of aryl methyl sites for hydroxylation is 4. The van der Waals surface area contributed by atoms with Crippen molar-refractivity contribution in [3.8, 4) is 74.9 Å². The Labute approximate surface area is 711 Å². The Kier molecular flexibility index (Phi) is 30.2. The van der Waals surface area contributed by atoms with Crippen LogP contribution in [0.15, 0.2) is 273 Å². The van der Waals surface area contributed by atoms with Crippen molar-refractivity contribution in [1.29, 1.82) is 26.3 Å². The van der Waals surface area contributed by atoms with Gasteiger partial charge < -0.3 is 20.4 Å². The standard InChI is InChI=1S/C24H18N2O4S.C24H21NO6S2.C23H18FNO4S.C23H19NO4S/c1-2-18-7-8-20(24(27)28)12-23(18)31(29,30)15-21-11-17(14-26)6-9-22(21)19-5-3-4-16(10-19)13-25;1-3-17-7-8-19(24(26)27)13-23(17)33(30,31)15-20-12-21(32(2,28)29)9-10-22(20)18-6-4-5-16(11-18)14-25;1-2-16-7-8-18(23(26)27)12-22(16)30(28,29)14-19-10-15(13-25)6-9-21(19)17-4-3-5-20(24)11-17;1-2-17-9-10-19(23(25)26)13-22(17)29(27,28)15-20-12-16(14-24)8-11-21(20)18-6-4-3-5-7-18/h3-12H,2,15H2,1H3,(H,27,28);4-13H,3,15H2,1-2H3,(H,26,27);3-12H,2,14H2,1H3,(H,26,27);3-13H,2,15H2,1H3,(H,25,26). The van der Waals surface area contributed by atoms with Gasteiger partial charge in [0.1, 0.15) is 5.82 Å². The fourth-order valence-electron chi connectivity index (χ4n) is 13.4. The molecule has 0 amide bonds. The number of nitrogens with zero attached hydrogens (tertiary/aromatic N) is 5. The van der Waals surface area contributed by atoms with Crippen molar-refractivity contribution in [1.82, 2.24) is 0 Å². The topological polar surface area (TPSA) is 439 Å². The van der Waals surface area contributed by atoms with Gasteiger partial charge in [-0.05, 0) is 248 Å². The number of nitriles is 5. The highest BCUT2D eigenvalue weighted by Gasteiger charge is 2.29. The van der Waals surface area contributed by atoms with Crippen molar-refractivity contribution in [3.05, 3.63) is 349 Å². The zero-order chi connectivity index (χ0) is 89.9.